The summed E-state index contributed by atoms with van der Waals surface area (Å²) in [5, 5.41) is 0. The first kappa shape index (κ1) is 30.4. The second-order valence-electron chi connectivity index (χ2n) is 9.49. The molecule has 2 aromatic carbocycles. The van der Waals surface area contributed by atoms with E-state index in [1.54, 1.807) is 39.2 Å². The first-order valence-electron chi connectivity index (χ1n) is 12.8. The van der Waals surface area contributed by atoms with Crippen molar-refractivity contribution in [2.45, 2.75) is 43.9 Å². The number of pyridine rings is 1. The average molecular weight is 647 g/mol. The Morgan fingerprint density at radius 1 is 1.10 bits per heavy atom. The molecule has 3 aromatic rings. The van der Waals surface area contributed by atoms with Crippen LogP contribution in [-0.4, -0.2) is 37.6 Å². The van der Waals surface area contributed by atoms with Crippen LogP contribution in [-0.2, 0) is 16.6 Å². The summed E-state index contributed by atoms with van der Waals surface area (Å²) in [7, 11) is 1.65. The Morgan fingerprint density at radius 2 is 1.79 bits per heavy atom. The molecule has 0 radical (unpaired) electrons. The number of anilines is 1. The van der Waals surface area contributed by atoms with Crippen LogP contribution in [0.5, 0.6) is 11.5 Å². The number of hydrogen-bond acceptors (Lipinski definition) is 5. The van der Waals surface area contributed by atoms with Gasteiger partial charge in [-0.15, -0.1) is 0 Å². The summed E-state index contributed by atoms with van der Waals surface area (Å²) in [6.07, 6.45) is 3.38. The van der Waals surface area contributed by atoms with Crippen molar-refractivity contribution in [3.05, 3.63) is 81.3 Å². The minimum absolute atomic E-state index is 0.134. The van der Waals surface area contributed by atoms with Gasteiger partial charge in [0.15, 0.2) is 0 Å². The molecule has 6 nitrogen and oxygen atoms in total. The maximum absolute atomic E-state index is 14.6. The van der Waals surface area contributed by atoms with Crippen LogP contribution in [0.25, 0.3) is 17.2 Å². The molecule has 0 saturated heterocycles. The van der Waals surface area contributed by atoms with Gasteiger partial charge in [0.25, 0.3) is 0 Å². The van der Waals surface area contributed by atoms with Crippen LogP contribution < -0.4 is 13.8 Å². The number of rotatable bonds is 10. The van der Waals surface area contributed by atoms with Gasteiger partial charge in [0.05, 0.1) is 0 Å². The Labute approximate surface area is 236 Å². The van der Waals surface area contributed by atoms with E-state index in [9.17, 15) is 18.4 Å². The summed E-state index contributed by atoms with van der Waals surface area (Å²) in [6.45, 7) is 9.58. The van der Waals surface area contributed by atoms with Gasteiger partial charge in [-0.3, -0.25) is 0 Å². The summed E-state index contributed by atoms with van der Waals surface area (Å²) >= 11 is -1.69. The Morgan fingerprint density at radius 3 is 2.41 bits per heavy atom. The number of aromatic nitrogens is 1. The first-order chi connectivity index (χ1) is 18.5. The molecule has 3 rings (SSSR count). The standard InChI is InChI=1S/C27H27F2N2O4.C2H5.CH3.Sb/c1-6-34-27(33)19(15(2)3)13-20-16(4)26(32)31(5)14-22(20)21-12-18(30)8-10-24(21)35-25-9-7-17(28)11-23(25)29;1-2;;/h7-15,30H,6H2,1-5H3;1H2,2H3;1H3;/q-1;;;+1/b19-13+;;;. The van der Waals surface area contributed by atoms with Gasteiger partial charge in [0.2, 0.25) is 0 Å². The van der Waals surface area contributed by atoms with Gasteiger partial charge in [-0.25, -0.2) is 0 Å². The van der Waals surface area contributed by atoms with Crippen molar-refractivity contribution in [1.82, 2.24) is 4.57 Å². The van der Waals surface area contributed by atoms with Crippen molar-refractivity contribution < 1.29 is 23.0 Å². The van der Waals surface area contributed by atoms with Crippen molar-refractivity contribution in [1.29, 1.82) is 0 Å². The molecule has 0 bridgehead atoms. The number of benzene rings is 2. The normalized spacial score (nSPS) is 11.7. The second-order valence-corrected chi connectivity index (χ2v) is 15.9. The Bertz CT molecular complexity index is 1450. The topological polar surface area (TPSA) is 69.6 Å². The van der Waals surface area contributed by atoms with E-state index < -0.39 is 38.1 Å². The molecule has 0 saturated carbocycles. The second kappa shape index (κ2) is 13.3. The summed E-state index contributed by atoms with van der Waals surface area (Å²) in [4.78, 5) is 28.1. The SMILES string of the molecule is CCOC(=O)/C(=C/c1c(-c2cc([NH][Sb]([CH3])[CH2]C)ccc2Oc2ccc(F)cc2F)cn(C)c(=O)c1C)C(C)C. The number of carbonyl (C=O) groups is 1. The molecule has 1 aromatic heterocycles. The third-order valence-corrected chi connectivity index (χ3v) is 10.8. The van der Waals surface area contributed by atoms with Gasteiger partial charge in [-0.1, -0.05) is 0 Å². The molecule has 1 N–H and O–H groups in total. The van der Waals surface area contributed by atoms with E-state index >= 15 is 0 Å². The maximum atomic E-state index is 14.6. The van der Waals surface area contributed by atoms with Crippen LogP contribution in [0.4, 0.5) is 14.5 Å². The van der Waals surface area contributed by atoms with Crippen LogP contribution in [0.15, 0.2) is 53.0 Å². The van der Waals surface area contributed by atoms with Crippen molar-refractivity contribution in [3.8, 4) is 22.6 Å². The fourth-order valence-corrected chi connectivity index (χ4v) is 6.12. The van der Waals surface area contributed by atoms with E-state index in [1.807, 2.05) is 26.0 Å². The predicted octanol–water partition coefficient (Wildman–Crippen LogP) is 7.09. The van der Waals surface area contributed by atoms with Gasteiger partial charge in [-0.2, -0.15) is 0 Å². The molecule has 0 fully saturated rings. The quantitative estimate of drug-likeness (QED) is 0.145. The van der Waals surface area contributed by atoms with Crippen molar-refractivity contribution in [3.63, 3.8) is 0 Å². The van der Waals surface area contributed by atoms with Crippen LogP contribution in [0.1, 0.15) is 38.8 Å². The molecule has 0 spiro atoms. The molecule has 0 amide bonds. The van der Waals surface area contributed by atoms with Crippen molar-refractivity contribution in [2.24, 2.45) is 13.0 Å². The van der Waals surface area contributed by atoms with Gasteiger partial charge in [0, 0.05) is 0 Å². The number of halogens is 2. The first-order valence-corrected chi connectivity index (χ1v) is 18.4. The van der Waals surface area contributed by atoms with Crippen LogP contribution in [0.3, 0.4) is 0 Å². The summed E-state index contributed by atoms with van der Waals surface area (Å²) in [5.41, 5.74) is 3.27. The van der Waals surface area contributed by atoms with Gasteiger partial charge < -0.3 is 0 Å². The van der Waals surface area contributed by atoms with Gasteiger partial charge in [0.1, 0.15) is 0 Å². The van der Waals surface area contributed by atoms with E-state index in [0.717, 1.165) is 22.2 Å². The van der Waals surface area contributed by atoms with Crippen LogP contribution in [0, 0.1) is 24.5 Å². The molecule has 0 atom stereocenters. The molecule has 39 heavy (non-hydrogen) atoms. The fourth-order valence-electron chi connectivity index (χ4n) is 4.01. The van der Waals surface area contributed by atoms with Gasteiger partial charge in [-0.05, 0) is 0 Å². The number of aryl methyl sites for hydroxylation is 1. The van der Waals surface area contributed by atoms with E-state index in [2.05, 4.69) is 15.3 Å². The summed E-state index contributed by atoms with van der Waals surface area (Å²) < 4.78 is 45.5. The zero-order valence-electron chi connectivity index (χ0n) is 23.4. The molecule has 1 heterocycles. The Balaban J connectivity index is 2.33. The van der Waals surface area contributed by atoms with E-state index in [4.69, 9.17) is 9.47 Å². The number of carbonyl (C=O) groups excluding carboxylic acids is 1. The molecule has 208 valence electrons. The van der Waals surface area contributed by atoms with Crippen molar-refractivity contribution in [2.75, 3.05) is 10.1 Å². The molecule has 0 aliphatic rings. The molecule has 0 aliphatic heterocycles. The van der Waals surface area contributed by atoms with Crippen molar-refractivity contribution >= 4 is 38.2 Å². The summed E-state index contributed by atoms with van der Waals surface area (Å²) in [6, 6.07) is 8.62. The Hall–Kier alpha value is -3.12. The number of esters is 1. The number of nitrogens with zero attached hydrogens (tertiary/aromatic N) is 1. The van der Waals surface area contributed by atoms with Crippen LogP contribution in [0.2, 0.25) is 9.24 Å². The molecular formula is C30H35F2N2O4Sb. The van der Waals surface area contributed by atoms with E-state index in [1.165, 1.54) is 10.6 Å². The molecule has 0 unspecified atom stereocenters. The number of hydrogen-bond donors (Lipinski definition) is 1. The minimum atomic E-state index is -1.69. The Kier molecular flexibility index (Phi) is 10.4. The summed E-state index contributed by atoms with van der Waals surface area (Å²) in [5.74, 6) is -1.98. The zero-order chi connectivity index (χ0) is 28.9. The van der Waals surface area contributed by atoms with Gasteiger partial charge >= 0.3 is 237 Å². The van der Waals surface area contributed by atoms with E-state index in [-0.39, 0.29) is 23.8 Å². The molecule has 0 aliphatic carbocycles. The monoisotopic (exact) mass is 646 g/mol. The third kappa shape index (κ3) is 7.30. The zero-order valence-corrected chi connectivity index (χ0v) is 25.9. The molecule has 9 heteroatoms. The van der Waals surface area contributed by atoms with Crippen LogP contribution >= 0.6 is 0 Å². The average Bonchev–Trinajstić information content (AvgIpc) is 2.88. The molecular weight excluding hydrogens is 612 g/mol. The third-order valence-electron chi connectivity index (χ3n) is 6.27. The fraction of sp³-hybridized carbons (Fsp3) is 0.333. The number of nitrogens with one attached hydrogen (secondary N) is 1. The number of ether oxygens (including phenoxy) is 2. The van der Waals surface area contributed by atoms with E-state index in [0.29, 0.717) is 33.6 Å². The predicted molar refractivity (Wildman–Crippen MR) is 153 cm³/mol.